The molecule has 0 saturated carbocycles. The van der Waals surface area contributed by atoms with E-state index >= 15 is 0 Å². The van der Waals surface area contributed by atoms with Gasteiger partial charge in [0.15, 0.2) is 12.2 Å². The molecule has 0 spiro atoms. The zero-order valence-corrected chi connectivity index (χ0v) is 70.7. The van der Waals surface area contributed by atoms with E-state index in [1.807, 2.05) is 0 Å². The standard InChI is InChI=1S/C86H168O17P2/c1-6-9-12-15-18-21-24-27-30-33-36-39-42-45-48-54-59-64-69-83(88)96-75-81(102-85(90)71-66-61-56-49-46-43-40-37-34-31-28-25-22-19-16-13-10-7-2)77-100-104(92,93)98-73-80(87)74-99-105(94,95)101-78-82(76-97-84(89)70-65-60-55-52-51-53-58-63-68-79(4)5)103-86(91)72-67-62-57-50-47-44-41-38-35-32-29-26-23-20-17-14-11-8-3/h79-82,87H,6-78H2,1-5H3,(H,92,93)(H,94,95)/t80-,81-,82-/m1/s1. The van der Waals surface area contributed by atoms with Gasteiger partial charge in [-0.05, 0) is 31.6 Å². The highest BCUT2D eigenvalue weighted by molar-refractivity contribution is 7.47. The summed E-state index contributed by atoms with van der Waals surface area (Å²) < 4.78 is 68.9. The van der Waals surface area contributed by atoms with Gasteiger partial charge in [0.25, 0.3) is 0 Å². The predicted octanol–water partition coefficient (Wildman–Crippen LogP) is 26.4. The molecule has 624 valence electrons. The molecule has 0 aliphatic carbocycles. The van der Waals surface area contributed by atoms with Gasteiger partial charge in [-0.3, -0.25) is 37.3 Å². The van der Waals surface area contributed by atoms with Crippen molar-refractivity contribution in [2.45, 2.75) is 483 Å². The summed E-state index contributed by atoms with van der Waals surface area (Å²) in [7, 11) is -9.93. The molecule has 3 N–H and O–H groups in total. The molecule has 0 aromatic rings. The highest BCUT2D eigenvalue weighted by Crippen LogP contribution is 2.45. The van der Waals surface area contributed by atoms with E-state index in [2.05, 4.69) is 34.6 Å². The molecular weight excluding hydrogens is 1370 g/mol. The summed E-state index contributed by atoms with van der Waals surface area (Å²) in [6, 6.07) is 0. The van der Waals surface area contributed by atoms with Crippen molar-refractivity contribution in [2.24, 2.45) is 5.92 Å². The van der Waals surface area contributed by atoms with Gasteiger partial charge in [-0.2, -0.15) is 0 Å². The van der Waals surface area contributed by atoms with E-state index in [1.54, 1.807) is 0 Å². The first-order chi connectivity index (χ1) is 51.0. The quantitative estimate of drug-likeness (QED) is 0.0222. The highest BCUT2D eigenvalue weighted by Gasteiger charge is 2.30. The van der Waals surface area contributed by atoms with Gasteiger partial charge in [0.05, 0.1) is 26.4 Å². The van der Waals surface area contributed by atoms with Crippen LogP contribution < -0.4 is 0 Å². The van der Waals surface area contributed by atoms with Crippen molar-refractivity contribution < 1.29 is 80.2 Å². The maximum absolute atomic E-state index is 13.1. The molecule has 0 aromatic heterocycles. The second-order valence-corrected chi connectivity index (χ2v) is 34.3. The van der Waals surface area contributed by atoms with Crippen LogP contribution in [0.5, 0.6) is 0 Å². The molecule has 0 aliphatic heterocycles. The first-order valence-electron chi connectivity index (χ1n) is 44.6. The van der Waals surface area contributed by atoms with E-state index in [0.29, 0.717) is 25.7 Å². The maximum atomic E-state index is 13.1. The Hall–Kier alpha value is -1.94. The molecule has 17 nitrogen and oxygen atoms in total. The molecule has 0 bridgehead atoms. The van der Waals surface area contributed by atoms with Crippen molar-refractivity contribution in [3.63, 3.8) is 0 Å². The lowest BCUT2D eigenvalue weighted by atomic mass is 10.0. The van der Waals surface area contributed by atoms with Crippen LogP contribution in [0.4, 0.5) is 0 Å². The zero-order valence-electron chi connectivity index (χ0n) is 68.9. The Morgan fingerprint density at radius 1 is 0.257 bits per heavy atom. The second kappa shape index (κ2) is 78.7. The number of unbranched alkanes of at least 4 members (excludes halogenated alkanes) is 58. The number of phosphoric ester groups is 2. The minimum absolute atomic E-state index is 0.109. The second-order valence-electron chi connectivity index (χ2n) is 31.4. The lowest BCUT2D eigenvalue weighted by Gasteiger charge is -2.21. The van der Waals surface area contributed by atoms with Crippen LogP contribution in [-0.2, 0) is 65.4 Å². The van der Waals surface area contributed by atoms with Gasteiger partial charge in [-0.15, -0.1) is 0 Å². The summed E-state index contributed by atoms with van der Waals surface area (Å²) in [5.74, 6) is -1.37. The van der Waals surface area contributed by atoms with Gasteiger partial charge in [0.2, 0.25) is 0 Å². The zero-order chi connectivity index (χ0) is 76.9. The van der Waals surface area contributed by atoms with Gasteiger partial charge in [0, 0.05) is 25.7 Å². The van der Waals surface area contributed by atoms with Crippen molar-refractivity contribution in [3.05, 3.63) is 0 Å². The van der Waals surface area contributed by atoms with Gasteiger partial charge in [-0.1, -0.05) is 413 Å². The Balaban J connectivity index is 5.24. The van der Waals surface area contributed by atoms with Crippen LogP contribution in [0.25, 0.3) is 0 Å². The van der Waals surface area contributed by atoms with E-state index in [1.165, 1.54) is 289 Å². The summed E-state index contributed by atoms with van der Waals surface area (Å²) in [6.45, 7) is 7.34. The molecular formula is C86H168O17P2. The summed E-state index contributed by atoms with van der Waals surface area (Å²) in [5, 5.41) is 10.7. The van der Waals surface area contributed by atoms with Gasteiger partial charge < -0.3 is 33.8 Å². The number of hydrogen-bond acceptors (Lipinski definition) is 15. The Morgan fingerprint density at radius 3 is 0.648 bits per heavy atom. The Labute approximate surface area is 645 Å². The predicted molar refractivity (Wildman–Crippen MR) is 432 cm³/mol. The third-order valence-corrected chi connectivity index (χ3v) is 22.2. The van der Waals surface area contributed by atoms with Crippen LogP contribution in [0.15, 0.2) is 0 Å². The molecule has 0 fully saturated rings. The first kappa shape index (κ1) is 103. The fourth-order valence-electron chi connectivity index (χ4n) is 13.5. The topological polar surface area (TPSA) is 237 Å². The molecule has 5 atom stereocenters. The van der Waals surface area contributed by atoms with E-state index in [-0.39, 0.29) is 25.7 Å². The van der Waals surface area contributed by atoms with Crippen molar-refractivity contribution in [1.82, 2.24) is 0 Å². The van der Waals surface area contributed by atoms with E-state index in [4.69, 9.17) is 37.0 Å². The Bertz CT molecular complexity index is 2000. The van der Waals surface area contributed by atoms with Crippen molar-refractivity contribution >= 4 is 39.5 Å². The van der Waals surface area contributed by atoms with Crippen LogP contribution >= 0.6 is 15.6 Å². The smallest absolute Gasteiger partial charge is 0.462 e. The monoisotopic (exact) mass is 1540 g/mol. The number of ether oxygens (including phenoxy) is 4. The highest BCUT2D eigenvalue weighted by atomic mass is 31.2. The van der Waals surface area contributed by atoms with Crippen LogP contribution in [0.1, 0.15) is 465 Å². The fraction of sp³-hybridized carbons (Fsp3) is 0.953. The van der Waals surface area contributed by atoms with Crippen molar-refractivity contribution in [2.75, 3.05) is 39.6 Å². The third kappa shape index (κ3) is 79.9. The average Bonchev–Trinajstić information content (AvgIpc) is 0.916. The normalized spacial score (nSPS) is 13.8. The average molecular weight is 1540 g/mol. The van der Waals surface area contributed by atoms with Crippen LogP contribution in [-0.4, -0.2) is 96.7 Å². The molecule has 105 heavy (non-hydrogen) atoms. The summed E-state index contributed by atoms with van der Waals surface area (Å²) in [6.07, 6.45) is 72.2. The SMILES string of the molecule is CCCCCCCCCCCCCCCCCCCCC(=O)OC[C@H](COP(=O)(O)OC[C@@H](O)COP(=O)(O)OC[C@@H](COC(=O)CCCCCCCCCCC(C)C)OC(=O)CCCCCCCCCCCCCCCCCCCC)OC(=O)CCCCCCCCCCCCCCCCCCCC. The Morgan fingerprint density at radius 2 is 0.438 bits per heavy atom. The number of aliphatic hydroxyl groups is 1. The number of rotatable bonds is 86. The largest absolute Gasteiger partial charge is 0.472 e. The summed E-state index contributed by atoms with van der Waals surface area (Å²) in [4.78, 5) is 73.2. The molecule has 0 radical (unpaired) electrons. The number of esters is 4. The molecule has 0 aromatic carbocycles. The minimum atomic E-state index is -4.96. The van der Waals surface area contributed by atoms with Gasteiger partial charge in [-0.25, -0.2) is 9.13 Å². The van der Waals surface area contributed by atoms with Crippen LogP contribution in [0.2, 0.25) is 0 Å². The molecule has 0 aliphatic rings. The van der Waals surface area contributed by atoms with Crippen LogP contribution in [0.3, 0.4) is 0 Å². The Kier molecular flexibility index (Phi) is 77.3. The molecule has 0 heterocycles. The number of carbonyl (C=O) groups excluding carboxylic acids is 4. The summed E-state index contributed by atoms with van der Waals surface area (Å²) in [5.41, 5.74) is 0. The van der Waals surface area contributed by atoms with Crippen molar-refractivity contribution in [3.8, 4) is 0 Å². The van der Waals surface area contributed by atoms with Gasteiger partial charge >= 0.3 is 39.5 Å². The van der Waals surface area contributed by atoms with Crippen molar-refractivity contribution in [1.29, 1.82) is 0 Å². The van der Waals surface area contributed by atoms with E-state index in [0.717, 1.165) is 95.8 Å². The van der Waals surface area contributed by atoms with Gasteiger partial charge in [0.1, 0.15) is 19.3 Å². The number of aliphatic hydroxyl groups excluding tert-OH is 1. The van der Waals surface area contributed by atoms with Crippen LogP contribution in [0, 0.1) is 5.92 Å². The van der Waals surface area contributed by atoms with E-state index in [9.17, 15) is 43.2 Å². The molecule has 19 heteroatoms. The molecule has 0 rings (SSSR count). The lowest BCUT2D eigenvalue weighted by Crippen LogP contribution is -2.30. The maximum Gasteiger partial charge on any atom is 0.472 e. The molecule has 0 amide bonds. The molecule has 2 unspecified atom stereocenters. The fourth-order valence-corrected chi connectivity index (χ4v) is 15.1. The third-order valence-electron chi connectivity index (χ3n) is 20.3. The number of phosphoric acid groups is 2. The lowest BCUT2D eigenvalue weighted by molar-refractivity contribution is -0.161. The number of carbonyl (C=O) groups is 4. The summed E-state index contributed by atoms with van der Waals surface area (Å²) >= 11 is 0. The van der Waals surface area contributed by atoms with E-state index < -0.39 is 97.5 Å². The number of hydrogen-bond donors (Lipinski definition) is 3. The first-order valence-corrected chi connectivity index (χ1v) is 47.6. The minimum Gasteiger partial charge on any atom is -0.462 e. The molecule has 0 saturated heterocycles.